The summed E-state index contributed by atoms with van der Waals surface area (Å²) in [5, 5.41) is 12.0. The van der Waals surface area contributed by atoms with Gasteiger partial charge in [-0.2, -0.15) is 13.2 Å². The van der Waals surface area contributed by atoms with Gasteiger partial charge in [0.15, 0.2) is 9.91 Å². The molecule has 0 amide bonds. The molecule has 0 saturated carbocycles. The van der Waals surface area contributed by atoms with Gasteiger partial charge < -0.3 is 10.4 Å². The number of aliphatic imine (C=N–C) groups is 1. The van der Waals surface area contributed by atoms with Gasteiger partial charge in [0, 0.05) is 5.56 Å². The van der Waals surface area contributed by atoms with Crippen molar-refractivity contribution >= 4 is 16.9 Å². The number of alkyl halides is 3. The fraction of sp³-hybridized carbons (Fsp3) is 0.500. The predicted octanol–water partition coefficient (Wildman–Crippen LogP) is 3.14. The molecule has 1 aromatic rings. The normalized spacial score (nSPS) is 33.1. The topological polar surface area (TPSA) is 44.6 Å². The van der Waals surface area contributed by atoms with Crippen LogP contribution in [0.15, 0.2) is 23.2 Å². The molecule has 1 saturated heterocycles. The maximum Gasteiger partial charge on any atom is 0.407 e. The lowest BCUT2D eigenvalue weighted by atomic mass is 10.1. The van der Waals surface area contributed by atoms with E-state index in [1.54, 1.807) is 12.1 Å². The van der Waals surface area contributed by atoms with E-state index in [0.717, 1.165) is 12.5 Å². The van der Waals surface area contributed by atoms with Gasteiger partial charge in [-0.05, 0) is 31.4 Å². The molecule has 1 aliphatic carbocycles. The van der Waals surface area contributed by atoms with Crippen molar-refractivity contribution in [3.05, 3.63) is 35.1 Å². The van der Waals surface area contributed by atoms with E-state index in [1.807, 2.05) is 0 Å². The molecule has 0 radical (unpaired) electrons. The molecular weight excluding hydrogens is 320 g/mol. The Balaban J connectivity index is 1.88. The van der Waals surface area contributed by atoms with E-state index in [4.69, 9.17) is 0 Å². The number of nitrogens with one attached hydrogen (secondary N) is 1. The first-order valence-corrected chi connectivity index (χ1v) is 7.59. The zero-order valence-electron chi connectivity index (χ0n) is 11.6. The zero-order chi connectivity index (χ0) is 16.1. The molecule has 3 rings (SSSR count). The fourth-order valence-corrected chi connectivity index (χ4v) is 3.74. The molecular formula is C14H14F4N2OS. The van der Waals surface area contributed by atoms with E-state index in [-0.39, 0.29) is 5.17 Å². The summed E-state index contributed by atoms with van der Waals surface area (Å²) in [6.07, 6.45) is -5.18. The molecule has 3 atom stereocenters. The number of amidine groups is 1. The lowest BCUT2D eigenvalue weighted by molar-refractivity contribution is -0.177. The summed E-state index contributed by atoms with van der Waals surface area (Å²) in [6.45, 7) is 0.918. The number of aliphatic hydroxyl groups excluding tert-OH is 1. The van der Waals surface area contributed by atoms with E-state index in [0.29, 0.717) is 30.2 Å². The highest BCUT2D eigenvalue weighted by atomic mass is 32.2. The second kappa shape index (κ2) is 5.13. The Morgan fingerprint density at radius 3 is 2.77 bits per heavy atom. The van der Waals surface area contributed by atoms with Crippen LogP contribution < -0.4 is 5.32 Å². The second-order valence-corrected chi connectivity index (χ2v) is 6.99. The molecule has 3 nitrogen and oxygen atoms in total. The number of fused-ring (bicyclic) bond motifs is 1. The molecule has 1 aromatic carbocycles. The fourth-order valence-electron chi connectivity index (χ4n) is 2.70. The van der Waals surface area contributed by atoms with E-state index in [1.165, 1.54) is 6.07 Å². The third kappa shape index (κ3) is 2.38. The minimum atomic E-state index is -4.58. The number of rotatable bonds is 1. The molecule has 2 aliphatic rings. The Morgan fingerprint density at radius 1 is 1.41 bits per heavy atom. The number of benzene rings is 1. The van der Waals surface area contributed by atoms with Crippen LogP contribution >= 0.6 is 11.8 Å². The number of halogens is 4. The molecule has 1 unspecified atom stereocenters. The van der Waals surface area contributed by atoms with Crippen LogP contribution in [0.1, 0.15) is 30.5 Å². The van der Waals surface area contributed by atoms with Gasteiger partial charge in [-0.25, -0.2) is 4.39 Å². The summed E-state index contributed by atoms with van der Waals surface area (Å²) in [5.41, 5.74) is 1.27. The smallest absolute Gasteiger partial charge is 0.372 e. The molecule has 0 bridgehead atoms. The predicted molar refractivity (Wildman–Crippen MR) is 76.1 cm³/mol. The van der Waals surface area contributed by atoms with Crippen LogP contribution in [0, 0.1) is 5.82 Å². The third-order valence-corrected chi connectivity index (χ3v) is 5.39. The summed E-state index contributed by atoms with van der Waals surface area (Å²) < 4.78 is 50.7. The van der Waals surface area contributed by atoms with Gasteiger partial charge >= 0.3 is 6.18 Å². The number of thioether (sulfide) groups is 1. The van der Waals surface area contributed by atoms with Gasteiger partial charge in [-0.1, -0.05) is 23.9 Å². The standard InChI is InChI=1S/C14H14F4N2OS/c1-13(14(16,17)18)11(21)20-12(22-13)19-9-6-5-7-3-2-4-8(15)10(7)9/h2-4,9,11,21H,5-6H2,1H3,(H,19,20)/t9-,11?,13-/m0/s1. The molecule has 0 spiro atoms. The Kier molecular flexibility index (Phi) is 3.64. The highest BCUT2D eigenvalue weighted by molar-refractivity contribution is 8.15. The highest BCUT2D eigenvalue weighted by Gasteiger charge is 2.61. The number of aliphatic hydroxyl groups is 1. The lowest BCUT2D eigenvalue weighted by Gasteiger charge is -2.27. The Hall–Kier alpha value is -1.28. The first-order chi connectivity index (χ1) is 10.2. The van der Waals surface area contributed by atoms with Crippen molar-refractivity contribution in [2.24, 2.45) is 4.99 Å². The molecule has 120 valence electrons. The van der Waals surface area contributed by atoms with Gasteiger partial charge in [-0.3, -0.25) is 4.99 Å². The van der Waals surface area contributed by atoms with E-state index < -0.39 is 29.0 Å². The number of aryl methyl sites for hydroxylation is 1. The average Bonchev–Trinajstić information content (AvgIpc) is 2.93. The molecule has 8 heteroatoms. The van der Waals surface area contributed by atoms with E-state index in [2.05, 4.69) is 10.3 Å². The maximum absolute atomic E-state index is 13.9. The average molecular weight is 334 g/mol. The van der Waals surface area contributed by atoms with Crippen molar-refractivity contribution in [3.63, 3.8) is 0 Å². The van der Waals surface area contributed by atoms with Crippen LogP contribution in [-0.4, -0.2) is 27.4 Å². The van der Waals surface area contributed by atoms with Gasteiger partial charge in [0.25, 0.3) is 0 Å². The SMILES string of the molecule is C[C@]1(C(F)(F)F)SC(=N[C@H]2CCc3cccc(F)c32)NC1O. The quantitative estimate of drug-likeness (QED) is 0.776. The summed E-state index contributed by atoms with van der Waals surface area (Å²) in [5.74, 6) is -0.397. The molecule has 2 N–H and O–H groups in total. The first kappa shape index (κ1) is 15.6. The Bertz CT molecular complexity index is 634. The van der Waals surface area contributed by atoms with Crippen LogP contribution in [0.2, 0.25) is 0 Å². The Labute approximate surface area is 128 Å². The summed E-state index contributed by atoms with van der Waals surface area (Å²) in [6, 6.07) is 4.20. The molecule has 1 fully saturated rings. The van der Waals surface area contributed by atoms with Crippen LogP contribution in [0.5, 0.6) is 0 Å². The van der Waals surface area contributed by atoms with Gasteiger partial charge in [0.1, 0.15) is 12.0 Å². The number of hydrogen-bond acceptors (Lipinski definition) is 3. The van der Waals surface area contributed by atoms with Crippen molar-refractivity contribution in [2.75, 3.05) is 0 Å². The molecule has 0 aromatic heterocycles. The van der Waals surface area contributed by atoms with Crippen LogP contribution in [0.25, 0.3) is 0 Å². The van der Waals surface area contributed by atoms with Gasteiger partial charge in [0.05, 0.1) is 6.04 Å². The van der Waals surface area contributed by atoms with Crippen LogP contribution in [0.3, 0.4) is 0 Å². The van der Waals surface area contributed by atoms with Crippen molar-refractivity contribution in [1.29, 1.82) is 0 Å². The van der Waals surface area contributed by atoms with Crippen molar-refractivity contribution in [3.8, 4) is 0 Å². The third-order valence-electron chi connectivity index (χ3n) is 4.09. The zero-order valence-corrected chi connectivity index (χ0v) is 12.4. The molecule has 1 heterocycles. The number of hydrogen-bond donors (Lipinski definition) is 2. The van der Waals surface area contributed by atoms with Crippen LogP contribution in [0.4, 0.5) is 17.6 Å². The highest BCUT2D eigenvalue weighted by Crippen LogP contribution is 2.48. The summed E-state index contributed by atoms with van der Waals surface area (Å²) in [4.78, 5) is 4.21. The monoisotopic (exact) mass is 334 g/mol. The van der Waals surface area contributed by atoms with Crippen LogP contribution in [-0.2, 0) is 6.42 Å². The van der Waals surface area contributed by atoms with Gasteiger partial charge in [0.2, 0.25) is 0 Å². The minimum absolute atomic E-state index is 0.00609. The lowest BCUT2D eigenvalue weighted by Crippen LogP contribution is -2.49. The molecule has 22 heavy (non-hydrogen) atoms. The van der Waals surface area contributed by atoms with E-state index in [9.17, 15) is 22.7 Å². The van der Waals surface area contributed by atoms with Gasteiger partial charge in [-0.15, -0.1) is 0 Å². The van der Waals surface area contributed by atoms with Crippen molar-refractivity contribution in [2.45, 2.75) is 43.0 Å². The Morgan fingerprint density at radius 2 is 2.14 bits per heavy atom. The first-order valence-electron chi connectivity index (χ1n) is 6.78. The van der Waals surface area contributed by atoms with Crippen molar-refractivity contribution < 1.29 is 22.7 Å². The minimum Gasteiger partial charge on any atom is -0.372 e. The van der Waals surface area contributed by atoms with Crippen molar-refractivity contribution in [1.82, 2.24) is 5.32 Å². The largest absolute Gasteiger partial charge is 0.407 e. The summed E-state index contributed by atoms with van der Waals surface area (Å²) in [7, 11) is 0. The second-order valence-electron chi connectivity index (χ2n) is 5.56. The number of nitrogens with zero attached hydrogens (tertiary/aromatic N) is 1. The maximum atomic E-state index is 13.9. The summed E-state index contributed by atoms with van der Waals surface area (Å²) >= 11 is 0.437. The molecule has 1 aliphatic heterocycles. The van der Waals surface area contributed by atoms with E-state index >= 15 is 0 Å².